The minimum atomic E-state index is -1.35. The van der Waals surface area contributed by atoms with Gasteiger partial charge in [0.1, 0.15) is 18.0 Å². The fraction of sp³-hybridized carbons (Fsp3) is 0.545. The topological polar surface area (TPSA) is 110 Å². The number of fused-ring (bicyclic) bond motifs is 1. The van der Waals surface area contributed by atoms with Crippen LogP contribution in [0.25, 0.3) is 11.2 Å². The second-order valence-corrected chi connectivity index (χ2v) is 4.74. The van der Waals surface area contributed by atoms with Crippen LogP contribution in [-0.2, 0) is 0 Å². The van der Waals surface area contributed by atoms with E-state index in [1.165, 1.54) is 12.7 Å². The van der Waals surface area contributed by atoms with Crippen LogP contribution in [0.15, 0.2) is 12.7 Å². The van der Waals surface area contributed by atoms with Crippen molar-refractivity contribution >= 4 is 17.0 Å². The van der Waals surface area contributed by atoms with Crippen LogP contribution in [0, 0.1) is 5.92 Å². The van der Waals surface area contributed by atoms with Crippen LogP contribution in [0.4, 0.5) is 10.2 Å². The Kier molecular flexibility index (Phi) is 2.83. The number of aliphatic hydroxyl groups excluding tert-OH is 2. The molecule has 0 bridgehead atoms. The Labute approximate surface area is 107 Å². The van der Waals surface area contributed by atoms with Crippen LogP contribution in [0.2, 0.25) is 0 Å². The minimum absolute atomic E-state index is 0.210. The number of nitrogens with zero attached hydrogens (tertiary/aromatic N) is 4. The Bertz CT molecular complexity index is 604. The van der Waals surface area contributed by atoms with Gasteiger partial charge >= 0.3 is 0 Å². The largest absolute Gasteiger partial charge is 0.396 e. The van der Waals surface area contributed by atoms with Crippen molar-refractivity contribution in [3.8, 4) is 0 Å². The summed E-state index contributed by atoms with van der Waals surface area (Å²) in [6, 6.07) is -0.605. The van der Waals surface area contributed by atoms with Crippen LogP contribution >= 0.6 is 0 Å². The number of anilines is 1. The Balaban J connectivity index is 2.04. The van der Waals surface area contributed by atoms with Crippen molar-refractivity contribution in [1.29, 1.82) is 0 Å². The molecule has 2 heterocycles. The summed E-state index contributed by atoms with van der Waals surface area (Å²) in [6.07, 6.45) is 0.717. The predicted molar refractivity (Wildman–Crippen MR) is 64.9 cm³/mol. The summed E-state index contributed by atoms with van der Waals surface area (Å²) in [5.74, 6) is -0.543. The lowest BCUT2D eigenvalue weighted by Crippen LogP contribution is -2.25. The number of imidazole rings is 1. The van der Waals surface area contributed by atoms with Gasteiger partial charge in [-0.3, -0.25) is 0 Å². The van der Waals surface area contributed by atoms with Gasteiger partial charge in [-0.25, -0.2) is 19.3 Å². The van der Waals surface area contributed by atoms with E-state index in [0.29, 0.717) is 11.2 Å². The van der Waals surface area contributed by atoms with E-state index < -0.39 is 24.2 Å². The molecule has 1 aliphatic rings. The van der Waals surface area contributed by atoms with Gasteiger partial charge in [0.05, 0.1) is 25.1 Å². The molecule has 0 aromatic carbocycles. The number of hydrogen-bond donors (Lipinski definition) is 3. The second kappa shape index (κ2) is 4.39. The summed E-state index contributed by atoms with van der Waals surface area (Å²) in [7, 11) is 0. The number of aromatic nitrogens is 4. The Morgan fingerprint density at radius 2 is 2.21 bits per heavy atom. The van der Waals surface area contributed by atoms with Gasteiger partial charge in [0, 0.05) is 5.92 Å². The van der Waals surface area contributed by atoms with Crippen molar-refractivity contribution < 1.29 is 14.6 Å². The third-order valence-electron chi connectivity index (χ3n) is 3.71. The maximum absolute atomic E-state index is 14.3. The molecule has 2 aromatic heterocycles. The maximum atomic E-state index is 14.3. The first-order valence-electron chi connectivity index (χ1n) is 5.99. The van der Waals surface area contributed by atoms with Crippen LogP contribution in [0.1, 0.15) is 12.5 Å². The Morgan fingerprint density at radius 3 is 2.89 bits per heavy atom. The maximum Gasteiger partial charge on any atom is 0.165 e. The van der Waals surface area contributed by atoms with Crippen molar-refractivity contribution in [1.82, 2.24) is 19.5 Å². The fourth-order valence-corrected chi connectivity index (χ4v) is 2.65. The highest BCUT2D eigenvalue weighted by atomic mass is 19.1. The predicted octanol–water partition coefficient (Wildman–Crippen LogP) is -0.339. The average Bonchev–Trinajstić information content (AvgIpc) is 2.92. The highest BCUT2D eigenvalue weighted by Gasteiger charge is 2.44. The number of rotatable bonds is 2. The molecule has 3 rings (SSSR count). The zero-order valence-electron chi connectivity index (χ0n) is 10.0. The highest BCUT2D eigenvalue weighted by Crippen LogP contribution is 2.38. The molecule has 7 nitrogen and oxygen atoms in total. The number of hydrogen-bond acceptors (Lipinski definition) is 6. The molecular formula is C11H14FN5O2. The van der Waals surface area contributed by atoms with E-state index in [-0.39, 0.29) is 18.8 Å². The first-order chi connectivity index (χ1) is 9.13. The molecule has 8 heteroatoms. The summed E-state index contributed by atoms with van der Waals surface area (Å²) in [6.45, 7) is -0.386. The summed E-state index contributed by atoms with van der Waals surface area (Å²) in [5, 5.41) is 18.9. The fourth-order valence-electron chi connectivity index (χ4n) is 2.65. The standard InChI is InChI=1S/C11H14FN5O2/c12-8-5(2-18)7(19)1-6(8)17-4-16-9-10(13)14-3-15-11(9)17/h3-8,18-19H,1-2H2,(H2,13,14,15)/t5-,6+,7+,8-/m1/s1. The van der Waals surface area contributed by atoms with Gasteiger partial charge < -0.3 is 20.5 Å². The van der Waals surface area contributed by atoms with Gasteiger partial charge in [-0.15, -0.1) is 0 Å². The zero-order valence-corrected chi connectivity index (χ0v) is 10.0. The molecule has 0 amide bonds. The van der Waals surface area contributed by atoms with Gasteiger partial charge in [-0.05, 0) is 6.42 Å². The molecule has 4 atom stereocenters. The summed E-state index contributed by atoms with van der Waals surface area (Å²) in [4.78, 5) is 12.0. The molecule has 0 radical (unpaired) electrons. The summed E-state index contributed by atoms with van der Waals surface area (Å²) >= 11 is 0. The smallest absolute Gasteiger partial charge is 0.165 e. The van der Waals surface area contributed by atoms with Crippen LogP contribution in [0.5, 0.6) is 0 Å². The van der Waals surface area contributed by atoms with E-state index in [1.807, 2.05) is 0 Å². The van der Waals surface area contributed by atoms with Crippen molar-refractivity contribution in [2.75, 3.05) is 12.3 Å². The van der Waals surface area contributed by atoms with Gasteiger partial charge in [0.25, 0.3) is 0 Å². The molecule has 4 N–H and O–H groups in total. The number of aliphatic hydroxyl groups is 2. The molecule has 1 saturated carbocycles. The summed E-state index contributed by atoms with van der Waals surface area (Å²) in [5.41, 5.74) is 6.52. The highest BCUT2D eigenvalue weighted by molar-refractivity contribution is 5.81. The van der Waals surface area contributed by atoms with E-state index in [9.17, 15) is 9.50 Å². The van der Waals surface area contributed by atoms with Gasteiger partial charge in [-0.2, -0.15) is 0 Å². The molecule has 0 spiro atoms. The third-order valence-corrected chi connectivity index (χ3v) is 3.71. The van der Waals surface area contributed by atoms with E-state index in [4.69, 9.17) is 10.8 Å². The zero-order chi connectivity index (χ0) is 13.6. The molecule has 2 aromatic rings. The third kappa shape index (κ3) is 1.75. The number of nitrogen functional groups attached to an aromatic ring is 1. The molecule has 1 aliphatic carbocycles. The molecule has 0 saturated heterocycles. The molecule has 0 aliphatic heterocycles. The van der Waals surface area contributed by atoms with Crippen molar-refractivity contribution in [2.24, 2.45) is 5.92 Å². The lowest BCUT2D eigenvalue weighted by molar-refractivity contribution is 0.0593. The van der Waals surface area contributed by atoms with Crippen molar-refractivity contribution in [2.45, 2.75) is 24.7 Å². The van der Waals surface area contributed by atoms with Crippen LogP contribution in [-0.4, -0.2) is 48.6 Å². The van der Waals surface area contributed by atoms with E-state index in [0.717, 1.165) is 0 Å². The first-order valence-corrected chi connectivity index (χ1v) is 5.99. The van der Waals surface area contributed by atoms with Crippen molar-refractivity contribution in [3.63, 3.8) is 0 Å². The lowest BCUT2D eigenvalue weighted by atomic mass is 10.1. The lowest BCUT2D eigenvalue weighted by Gasteiger charge is -2.17. The van der Waals surface area contributed by atoms with Crippen molar-refractivity contribution in [3.05, 3.63) is 12.7 Å². The Hall–Kier alpha value is -1.80. The molecule has 19 heavy (non-hydrogen) atoms. The SMILES string of the molecule is Nc1ncnc2c1ncn2[C@H]1C[C@H](O)[C@@H](CO)[C@H]1F. The normalized spacial score (nSPS) is 31.1. The molecular weight excluding hydrogens is 253 g/mol. The number of halogens is 1. The van der Waals surface area contributed by atoms with Crippen LogP contribution < -0.4 is 5.73 Å². The Morgan fingerprint density at radius 1 is 1.42 bits per heavy atom. The van der Waals surface area contributed by atoms with Gasteiger partial charge in [0.15, 0.2) is 11.5 Å². The van der Waals surface area contributed by atoms with Gasteiger partial charge in [0.2, 0.25) is 0 Å². The molecule has 1 fully saturated rings. The number of nitrogens with two attached hydrogens (primary N) is 1. The minimum Gasteiger partial charge on any atom is -0.396 e. The summed E-state index contributed by atoms with van der Waals surface area (Å²) < 4.78 is 15.8. The van der Waals surface area contributed by atoms with Gasteiger partial charge in [-0.1, -0.05) is 0 Å². The molecule has 102 valence electrons. The van der Waals surface area contributed by atoms with Crippen LogP contribution in [0.3, 0.4) is 0 Å². The van der Waals surface area contributed by atoms with E-state index in [2.05, 4.69) is 15.0 Å². The number of alkyl halides is 1. The second-order valence-electron chi connectivity index (χ2n) is 4.74. The monoisotopic (exact) mass is 267 g/mol. The van der Waals surface area contributed by atoms with E-state index >= 15 is 0 Å². The first kappa shape index (κ1) is 12.2. The quantitative estimate of drug-likeness (QED) is 0.686. The van der Waals surface area contributed by atoms with E-state index in [1.54, 1.807) is 4.57 Å². The molecule has 0 unspecified atom stereocenters. The average molecular weight is 267 g/mol.